The molecule has 0 aliphatic carbocycles. The molecule has 0 spiro atoms. The third-order valence-electron chi connectivity index (χ3n) is 5.44. The van der Waals surface area contributed by atoms with Crippen molar-refractivity contribution in [3.63, 3.8) is 0 Å². The van der Waals surface area contributed by atoms with Gasteiger partial charge in [0.25, 0.3) is 0 Å². The number of anilines is 4. The van der Waals surface area contributed by atoms with Gasteiger partial charge in [-0.15, -0.1) is 0 Å². The number of fused-ring (bicyclic) bond motifs is 1. The molecule has 4 atom stereocenters. The molecule has 2 amide bonds. The number of para-hydroxylation sites is 1. The van der Waals surface area contributed by atoms with Crippen LogP contribution in [-0.2, 0) is 23.7 Å². The van der Waals surface area contributed by atoms with Gasteiger partial charge in [0.15, 0.2) is 23.7 Å². The molecule has 4 rings (SSSR count). The van der Waals surface area contributed by atoms with Gasteiger partial charge in [-0.2, -0.15) is 0 Å². The van der Waals surface area contributed by atoms with Crippen LogP contribution in [0.1, 0.15) is 26.7 Å². The molecule has 2 aliphatic heterocycles. The van der Waals surface area contributed by atoms with E-state index in [0.717, 1.165) is 0 Å². The second kappa shape index (κ2) is 9.79. The number of benzene rings is 1. The fourth-order valence-corrected chi connectivity index (χ4v) is 3.93. The van der Waals surface area contributed by atoms with Crippen LogP contribution in [0.2, 0.25) is 0 Å². The molecule has 0 saturated carbocycles. The molecule has 5 N–H and O–H groups in total. The van der Waals surface area contributed by atoms with Gasteiger partial charge in [0.05, 0.1) is 13.2 Å². The quantitative estimate of drug-likeness (QED) is 0.440. The summed E-state index contributed by atoms with van der Waals surface area (Å²) in [7, 11) is 1.34. The van der Waals surface area contributed by atoms with Gasteiger partial charge in [-0.25, -0.2) is 14.8 Å². The first-order valence-corrected chi connectivity index (χ1v) is 10.8. The van der Waals surface area contributed by atoms with E-state index < -0.39 is 36.4 Å². The highest BCUT2D eigenvalue weighted by molar-refractivity contribution is 6.01. The summed E-state index contributed by atoms with van der Waals surface area (Å²) in [5.74, 6) is -0.760. The van der Waals surface area contributed by atoms with Gasteiger partial charge in [0.1, 0.15) is 24.2 Å². The summed E-state index contributed by atoms with van der Waals surface area (Å²) in [5, 5.41) is 8.44. The molecule has 0 radical (unpaired) electrons. The van der Waals surface area contributed by atoms with Crippen LogP contribution < -0.4 is 21.7 Å². The van der Waals surface area contributed by atoms with Gasteiger partial charge in [-0.3, -0.25) is 10.1 Å². The van der Waals surface area contributed by atoms with Gasteiger partial charge in [0, 0.05) is 12.1 Å². The molecule has 3 heterocycles. The molecule has 182 valence electrons. The van der Waals surface area contributed by atoms with Crippen molar-refractivity contribution in [1.82, 2.24) is 9.97 Å². The average molecular weight is 473 g/mol. The number of nitrogens with one attached hydrogen (secondary N) is 3. The summed E-state index contributed by atoms with van der Waals surface area (Å²) in [6.07, 6.45) is -0.0655. The predicted molar refractivity (Wildman–Crippen MR) is 123 cm³/mol. The fraction of sp³-hybridized carbons (Fsp3) is 0.455. The SMILES string of the molecule is COC(=O)CCC1OC(Nc2ncnc(NC(=O)Nc3ccccc3)c2N)C2OC(C)(C)OC12. The van der Waals surface area contributed by atoms with Crippen LogP contribution >= 0.6 is 0 Å². The Morgan fingerprint density at radius 3 is 2.53 bits per heavy atom. The number of nitrogen functional groups attached to an aromatic ring is 1. The van der Waals surface area contributed by atoms with Crippen molar-refractivity contribution in [1.29, 1.82) is 0 Å². The summed E-state index contributed by atoms with van der Waals surface area (Å²) in [6, 6.07) is 8.47. The number of aromatic nitrogens is 2. The molecular formula is C22H28N6O6. The number of esters is 1. The van der Waals surface area contributed by atoms with Gasteiger partial charge in [-0.05, 0) is 32.4 Å². The Labute approximate surface area is 196 Å². The number of methoxy groups -OCH3 is 1. The second-order valence-corrected chi connectivity index (χ2v) is 8.35. The third-order valence-corrected chi connectivity index (χ3v) is 5.44. The normalized spacial score (nSPS) is 24.8. The minimum absolute atomic E-state index is 0.127. The van der Waals surface area contributed by atoms with E-state index in [9.17, 15) is 9.59 Å². The monoisotopic (exact) mass is 472 g/mol. The standard InChI is InChI=1S/C22H28N6O6/c1-22(2)33-16-13(9-10-14(29)31-3)32-20(17(16)34-22)27-18-15(23)19(25-11-24-18)28-21(30)26-12-7-5-4-6-8-12/h4-8,11,13,16-17,20H,9-10,23H2,1-3H3,(H3,24,25,26,27,28,30). The summed E-state index contributed by atoms with van der Waals surface area (Å²) in [5.41, 5.74) is 6.97. The van der Waals surface area contributed by atoms with Gasteiger partial charge >= 0.3 is 12.0 Å². The number of amides is 2. The minimum atomic E-state index is -0.817. The van der Waals surface area contributed by atoms with E-state index in [-0.39, 0.29) is 29.7 Å². The molecule has 12 nitrogen and oxygen atoms in total. The summed E-state index contributed by atoms with van der Waals surface area (Å²) < 4.78 is 22.9. The average Bonchev–Trinajstić information content (AvgIpc) is 3.28. The van der Waals surface area contributed by atoms with Crippen LogP contribution in [-0.4, -0.2) is 59.4 Å². The van der Waals surface area contributed by atoms with E-state index in [1.54, 1.807) is 24.3 Å². The number of nitrogens with zero attached hydrogens (tertiary/aromatic N) is 2. The number of hydrogen-bond donors (Lipinski definition) is 4. The van der Waals surface area contributed by atoms with Gasteiger partial charge in [0.2, 0.25) is 0 Å². The van der Waals surface area contributed by atoms with Crippen molar-refractivity contribution in [2.75, 3.05) is 28.8 Å². The maximum atomic E-state index is 12.3. The number of carbonyl (C=O) groups is 2. The van der Waals surface area contributed by atoms with Crippen molar-refractivity contribution in [3.05, 3.63) is 36.7 Å². The number of ether oxygens (including phenoxy) is 4. The Morgan fingerprint density at radius 1 is 1.09 bits per heavy atom. The molecule has 0 bridgehead atoms. The molecule has 2 aliphatic rings. The number of nitrogens with two attached hydrogens (primary N) is 1. The van der Waals surface area contributed by atoms with Crippen molar-refractivity contribution in [3.8, 4) is 0 Å². The van der Waals surface area contributed by atoms with Crippen molar-refractivity contribution >= 4 is 35.0 Å². The van der Waals surface area contributed by atoms with Crippen LogP contribution in [0.3, 0.4) is 0 Å². The first kappa shape index (κ1) is 23.7. The molecule has 2 saturated heterocycles. The van der Waals surface area contributed by atoms with Crippen LogP contribution in [0.25, 0.3) is 0 Å². The van der Waals surface area contributed by atoms with E-state index in [1.807, 2.05) is 19.9 Å². The Balaban J connectivity index is 1.45. The smallest absolute Gasteiger partial charge is 0.324 e. The summed E-state index contributed by atoms with van der Waals surface area (Å²) in [6.45, 7) is 3.62. The molecule has 34 heavy (non-hydrogen) atoms. The van der Waals surface area contributed by atoms with E-state index in [4.69, 9.17) is 24.7 Å². The topological polar surface area (TPSA) is 159 Å². The van der Waals surface area contributed by atoms with Gasteiger partial charge in [-0.1, -0.05) is 18.2 Å². The molecule has 1 aromatic carbocycles. The Kier molecular flexibility index (Phi) is 6.82. The molecule has 2 fully saturated rings. The highest BCUT2D eigenvalue weighted by Gasteiger charge is 2.55. The maximum Gasteiger partial charge on any atom is 0.324 e. The Morgan fingerprint density at radius 2 is 1.79 bits per heavy atom. The lowest BCUT2D eigenvalue weighted by Crippen LogP contribution is -2.35. The fourth-order valence-electron chi connectivity index (χ4n) is 3.93. The number of urea groups is 1. The number of hydrogen-bond acceptors (Lipinski definition) is 10. The predicted octanol–water partition coefficient (Wildman–Crippen LogP) is 2.31. The number of carbonyl (C=O) groups excluding carboxylic acids is 2. The van der Waals surface area contributed by atoms with Crippen molar-refractivity contribution < 1.29 is 28.5 Å². The summed E-state index contributed by atoms with van der Waals surface area (Å²) in [4.78, 5) is 32.2. The van der Waals surface area contributed by atoms with Crippen molar-refractivity contribution in [2.45, 2.75) is 57.0 Å². The van der Waals surface area contributed by atoms with Gasteiger partial charge < -0.3 is 35.3 Å². The third kappa shape index (κ3) is 5.35. The second-order valence-electron chi connectivity index (χ2n) is 8.35. The van der Waals surface area contributed by atoms with E-state index in [0.29, 0.717) is 12.1 Å². The van der Waals surface area contributed by atoms with E-state index in [2.05, 4.69) is 25.9 Å². The largest absolute Gasteiger partial charge is 0.469 e. The summed E-state index contributed by atoms with van der Waals surface area (Å²) >= 11 is 0. The van der Waals surface area contributed by atoms with Crippen molar-refractivity contribution in [2.24, 2.45) is 0 Å². The molecule has 12 heteroatoms. The highest BCUT2D eigenvalue weighted by atomic mass is 16.8. The Hall–Kier alpha value is -3.48. The van der Waals surface area contributed by atoms with Crippen LogP contribution in [0.5, 0.6) is 0 Å². The molecule has 1 aromatic heterocycles. The lowest BCUT2D eigenvalue weighted by molar-refractivity contribution is -0.184. The van der Waals surface area contributed by atoms with Crippen LogP contribution in [0.15, 0.2) is 36.7 Å². The maximum absolute atomic E-state index is 12.3. The first-order chi connectivity index (χ1) is 16.3. The van der Waals surface area contributed by atoms with Crippen LogP contribution in [0, 0.1) is 0 Å². The zero-order valence-corrected chi connectivity index (χ0v) is 19.1. The van der Waals surface area contributed by atoms with E-state index >= 15 is 0 Å². The van der Waals surface area contributed by atoms with Crippen LogP contribution in [0.4, 0.5) is 27.8 Å². The molecular weight excluding hydrogens is 444 g/mol. The Bertz CT molecular complexity index is 1040. The zero-order valence-electron chi connectivity index (χ0n) is 19.1. The lowest BCUT2D eigenvalue weighted by atomic mass is 10.1. The zero-order chi connectivity index (χ0) is 24.3. The lowest BCUT2D eigenvalue weighted by Gasteiger charge is -2.25. The first-order valence-electron chi connectivity index (χ1n) is 10.8. The minimum Gasteiger partial charge on any atom is -0.469 e. The number of rotatable bonds is 7. The highest BCUT2D eigenvalue weighted by Crippen LogP contribution is 2.40. The van der Waals surface area contributed by atoms with E-state index in [1.165, 1.54) is 13.4 Å². The molecule has 2 aromatic rings. The molecule has 4 unspecified atom stereocenters.